The summed E-state index contributed by atoms with van der Waals surface area (Å²) in [6.45, 7) is 9.05. The van der Waals surface area contributed by atoms with Crippen molar-refractivity contribution in [3.8, 4) is 0 Å². The minimum atomic E-state index is -0.494. The molecule has 1 rings (SSSR count). The lowest BCUT2D eigenvalue weighted by atomic mass is 10.3. The molecule has 0 unspecified atom stereocenters. The first-order chi connectivity index (χ1) is 10.0. The maximum absolute atomic E-state index is 10.1. The van der Waals surface area contributed by atoms with Crippen molar-refractivity contribution < 1.29 is 19.0 Å². The molecule has 0 aliphatic carbocycles. The van der Waals surface area contributed by atoms with Crippen molar-refractivity contribution >= 4 is 0 Å². The number of aryl methyl sites for hydroxylation is 1. The Bertz CT molecular complexity index is 378. The Balaban J connectivity index is 2.46. The van der Waals surface area contributed by atoms with E-state index in [1.165, 1.54) is 0 Å². The normalized spacial score (nSPS) is 13.3. The summed E-state index contributed by atoms with van der Waals surface area (Å²) in [6.07, 6.45) is 0.564. The third-order valence-electron chi connectivity index (χ3n) is 3.09. The molecule has 0 spiro atoms. The lowest BCUT2D eigenvalue weighted by Crippen LogP contribution is -2.36. The molecule has 0 fully saturated rings. The minimum Gasteiger partial charge on any atom is -0.465 e. The van der Waals surface area contributed by atoms with Crippen LogP contribution in [0.3, 0.4) is 0 Å². The molecule has 21 heavy (non-hydrogen) atoms. The maximum atomic E-state index is 10.1. The molecular formula is C16H29NO4. The third kappa shape index (κ3) is 8.21. The number of rotatable bonds is 11. The van der Waals surface area contributed by atoms with Gasteiger partial charge in [0.2, 0.25) is 0 Å². The molecule has 5 heteroatoms. The zero-order valence-corrected chi connectivity index (χ0v) is 13.7. The van der Waals surface area contributed by atoms with E-state index >= 15 is 0 Å². The molecule has 1 N–H and O–H groups in total. The molecule has 0 bridgehead atoms. The highest BCUT2D eigenvalue weighted by Crippen LogP contribution is 2.11. The van der Waals surface area contributed by atoms with Gasteiger partial charge in [-0.3, -0.25) is 4.90 Å². The Hall–Kier alpha value is -0.880. The van der Waals surface area contributed by atoms with Gasteiger partial charge in [0.15, 0.2) is 0 Å². The van der Waals surface area contributed by atoms with Crippen LogP contribution in [0.2, 0.25) is 0 Å². The second-order valence-electron chi connectivity index (χ2n) is 5.63. The summed E-state index contributed by atoms with van der Waals surface area (Å²) in [7, 11) is 1.70. The van der Waals surface area contributed by atoms with Crippen molar-refractivity contribution in [3.63, 3.8) is 0 Å². The number of aliphatic hydroxyl groups is 1. The molecule has 1 aromatic rings. The van der Waals surface area contributed by atoms with E-state index in [1.807, 2.05) is 32.9 Å². The first-order valence-electron chi connectivity index (χ1n) is 7.57. The average molecular weight is 299 g/mol. The summed E-state index contributed by atoms with van der Waals surface area (Å²) in [5.74, 6) is 1.83. The summed E-state index contributed by atoms with van der Waals surface area (Å²) in [5, 5.41) is 10.1. The minimum absolute atomic E-state index is 0.134. The van der Waals surface area contributed by atoms with Gasteiger partial charge in [-0.15, -0.1) is 0 Å². The highest BCUT2D eigenvalue weighted by molar-refractivity contribution is 5.05. The van der Waals surface area contributed by atoms with Crippen molar-refractivity contribution in [2.75, 3.05) is 33.4 Å². The molecule has 0 saturated heterocycles. The molecule has 0 aromatic carbocycles. The highest BCUT2D eigenvalue weighted by Gasteiger charge is 2.14. The molecule has 1 atom stereocenters. The summed E-state index contributed by atoms with van der Waals surface area (Å²) < 4.78 is 16.2. The maximum Gasteiger partial charge on any atom is 0.118 e. The lowest BCUT2D eigenvalue weighted by Gasteiger charge is -2.24. The summed E-state index contributed by atoms with van der Waals surface area (Å²) in [6, 6.07) is 3.94. The zero-order chi connectivity index (χ0) is 15.7. The van der Waals surface area contributed by atoms with Crippen LogP contribution in [-0.2, 0) is 16.0 Å². The molecule has 5 nitrogen and oxygen atoms in total. The largest absolute Gasteiger partial charge is 0.465 e. The van der Waals surface area contributed by atoms with Gasteiger partial charge >= 0.3 is 0 Å². The van der Waals surface area contributed by atoms with E-state index in [0.29, 0.717) is 26.3 Å². The molecular weight excluding hydrogens is 270 g/mol. The van der Waals surface area contributed by atoms with E-state index in [1.54, 1.807) is 7.11 Å². The van der Waals surface area contributed by atoms with Crippen LogP contribution in [0.5, 0.6) is 0 Å². The summed E-state index contributed by atoms with van der Waals surface area (Å²) >= 11 is 0. The Kier molecular flexibility index (Phi) is 8.61. The van der Waals surface area contributed by atoms with Crippen molar-refractivity contribution in [2.24, 2.45) is 0 Å². The number of methoxy groups -OCH3 is 1. The van der Waals surface area contributed by atoms with Gasteiger partial charge in [0.1, 0.15) is 11.5 Å². The number of aliphatic hydroxyl groups excluding tert-OH is 1. The number of furan rings is 1. The van der Waals surface area contributed by atoms with Gasteiger partial charge in [-0.1, -0.05) is 0 Å². The Morgan fingerprint density at radius 3 is 2.67 bits per heavy atom. The van der Waals surface area contributed by atoms with Gasteiger partial charge in [0, 0.05) is 26.8 Å². The third-order valence-corrected chi connectivity index (χ3v) is 3.09. The van der Waals surface area contributed by atoms with Crippen LogP contribution in [0.4, 0.5) is 0 Å². The topological polar surface area (TPSA) is 55.1 Å². The van der Waals surface area contributed by atoms with Gasteiger partial charge in [-0.2, -0.15) is 0 Å². The number of hydrogen-bond donors (Lipinski definition) is 1. The monoisotopic (exact) mass is 299 g/mol. The zero-order valence-electron chi connectivity index (χ0n) is 13.7. The van der Waals surface area contributed by atoms with Crippen molar-refractivity contribution in [1.82, 2.24) is 4.90 Å². The van der Waals surface area contributed by atoms with Crippen molar-refractivity contribution in [2.45, 2.75) is 45.9 Å². The molecule has 0 saturated carbocycles. The Labute approximate surface area is 127 Å². The van der Waals surface area contributed by atoms with Gasteiger partial charge in [0.05, 0.1) is 25.4 Å². The van der Waals surface area contributed by atoms with Crippen LogP contribution in [0.15, 0.2) is 16.5 Å². The van der Waals surface area contributed by atoms with Crippen LogP contribution in [0, 0.1) is 6.92 Å². The van der Waals surface area contributed by atoms with E-state index < -0.39 is 6.10 Å². The second kappa shape index (κ2) is 9.95. The van der Waals surface area contributed by atoms with E-state index in [9.17, 15) is 5.11 Å². The van der Waals surface area contributed by atoms with Gasteiger partial charge in [-0.25, -0.2) is 0 Å². The van der Waals surface area contributed by atoms with E-state index in [-0.39, 0.29) is 6.10 Å². The van der Waals surface area contributed by atoms with Gasteiger partial charge < -0.3 is 19.0 Å². The summed E-state index contributed by atoms with van der Waals surface area (Å²) in [4.78, 5) is 2.17. The van der Waals surface area contributed by atoms with E-state index in [4.69, 9.17) is 13.9 Å². The van der Waals surface area contributed by atoms with Crippen LogP contribution < -0.4 is 0 Å². The molecule has 0 radical (unpaired) electrons. The van der Waals surface area contributed by atoms with Gasteiger partial charge in [0.25, 0.3) is 0 Å². The molecule has 122 valence electrons. The van der Waals surface area contributed by atoms with Crippen LogP contribution in [-0.4, -0.2) is 55.6 Å². The Morgan fingerprint density at radius 2 is 2.10 bits per heavy atom. The highest BCUT2D eigenvalue weighted by atomic mass is 16.5. The second-order valence-corrected chi connectivity index (χ2v) is 5.63. The fourth-order valence-electron chi connectivity index (χ4n) is 2.11. The van der Waals surface area contributed by atoms with Crippen LogP contribution in [0.25, 0.3) is 0 Å². The van der Waals surface area contributed by atoms with Gasteiger partial charge in [-0.05, 0) is 39.3 Å². The standard InChI is InChI=1S/C16H29NO4/c1-13(2)20-12-15(18)10-17(8-5-9-19-4)11-16-7-6-14(3)21-16/h6-7,13,15,18H,5,8-12H2,1-4H3/t15-/m0/s1. The molecule has 1 aromatic heterocycles. The smallest absolute Gasteiger partial charge is 0.118 e. The summed E-state index contributed by atoms with van der Waals surface area (Å²) in [5.41, 5.74) is 0. The molecule has 0 amide bonds. The SMILES string of the molecule is COCCCN(Cc1ccc(C)o1)C[C@H](O)COC(C)C. The molecule has 1 heterocycles. The number of hydrogen-bond acceptors (Lipinski definition) is 5. The van der Waals surface area contributed by atoms with Crippen LogP contribution >= 0.6 is 0 Å². The molecule has 0 aliphatic rings. The number of ether oxygens (including phenoxy) is 2. The van der Waals surface area contributed by atoms with Crippen molar-refractivity contribution in [3.05, 3.63) is 23.7 Å². The predicted octanol–water partition coefficient (Wildman–Crippen LogP) is 2.21. The fourth-order valence-corrected chi connectivity index (χ4v) is 2.11. The van der Waals surface area contributed by atoms with E-state index in [0.717, 1.165) is 24.5 Å². The first kappa shape index (κ1) is 18.2. The quantitative estimate of drug-likeness (QED) is 0.635. The average Bonchev–Trinajstić information content (AvgIpc) is 2.82. The van der Waals surface area contributed by atoms with Crippen LogP contribution in [0.1, 0.15) is 31.8 Å². The Morgan fingerprint density at radius 1 is 1.33 bits per heavy atom. The lowest BCUT2D eigenvalue weighted by molar-refractivity contribution is -0.0110. The fraction of sp³-hybridized carbons (Fsp3) is 0.750. The predicted molar refractivity (Wildman–Crippen MR) is 82.3 cm³/mol. The van der Waals surface area contributed by atoms with E-state index in [2.05, 4.69) is 4.90 Å². The first-order valence-corrected chi connectivity index (χ1v) is 7.57. The number of nitrogens with zero attached hydrogens (tertiary/aromatic N) is 1. The van der Waals surface area contributed by atoms with Crippen molar-refractivity contribution in [1.29, 1.82) is 0 Å². The molecule has 0 aliphatic heterocycles.